The van der Waals surface area contributed by atoms with E-state index in [2.05, 4.69) is 32.1 Å². The fourth-order valence-electron chi connectivity index (χ4n) is 8.29. The first-order chi connectivity index (χ1) is 25.6. The lowest BCUT2D eigenvalue weighted by atomic mass is 9.77. The van der Waals surface area contributed by atoms with Gasteiger partial charge in [0.05, 0.1) is 12.0 Å². The van der Waals surface area contributed by atoms with Crippen LogP contribution in [0.4, 0.5) is 0 Å². The molecule has 2 amide bonds. The Hall–Kier alpha value is -3.78. The Morgan fingerprint density at radius 3 is 2.26 bits per heavy atom. The first kappa shape index (κ1) is 41.4. The predicted molar refractivity (Wildman–Crippen MR) is 203 cm³/mol. The lowest BCUT2D eigenvalue weighted by Crippen LogP contribution is -2.53. The zero-order chi connectivity index (χ0) is 39.3. The average Bonchev–Trinajstić information content (AvgIpc) is 3.87. The number of fused-ring (bicyclic) bond motifs is 3. The van der Waals surface area contributed by atoms with Crippen LogP contribution < -0.4 is 5.32 Å². The summed E-state index contributed by atoms with van der Waals surface area (Å²) < 4.78 is 5.81. The molecule has 0 unspecified atom stereocenters. The molecule has 2 bridgehead atoms. The van der Waals surface area contributed by atoms with Gasteiger partial charge in [0.2, 0.25) is 5.91 Å². The third kappa shape index (κ3) is 10.7. The van der Waals surface area contributed by atoms with Crippen LogP contribution in [-0.4, -0.2) is 97.7 Å². The number of ketones is 1. The average molecular weight is 767 g/mol. The van der Waals surface area contributed by atoms with Crippen molar-refractivity contribution in [2.24, 2.45) is 35.5 Å². The molecule has 3 aliphatic heterocycles. The number of hydrogen-bond donors (Lipinski definition) is 2. The van der Waals surface area contributed by atoms with Crippen molar-refractivity contribution in [1.82, 2.24) is 30.1 Å². The number of hydrogen-bond acceptors (Lipinski definition) is 11. The molecule has 5 heterocycles. The van der Waals surface area contributed by atoms with Crippen LogP contribution >= 0.6 is 11.3 Å². The number of carboxylic acids is 1. The molecular weight excluding hydrogens is 709 g/mol. The number of amides is 2. The molecule has 1 aliphatic carbocycles. The van der Waals surface area contributed by atoms with Crippen LogP contribution in [0.3, 0.4) is 0 Å². The fourth-order valence-corrected chi connectivity index (χ4v) is 9.13. The Morgan fingerprint density at radius 1 is 1.04 bits per heavy atom. The molecule has 2 aromatic rings. The maximum Gasteiger partial charge on any atom is 0.306 e. The Morgan fingerprint density at radius 2 is 1.70 bits per heavy atom. The number of nitrogens with zero attached hydrogens (tertiary/aromatic N) is 5. The molecule has 6 rings (SSSR count). The smallest absolute Gasteiger partial charge is 0.306 e. The summed E-state index contributed by atoms with van der Waals surface area (Å²) in [6.45, 7) is 12.8. The van der Waals surface area contributed by atoms with Crippen molar-refractivity contribution in [3.05, 3.63) is 39.9 Å². The Balaban J connectivity index is 1.31. The van der Waals surface area contributed by atoms with Crippen molar-refractivity contribution in [1.29, 1.82) is 0 Å². The maximum atomic E-state index is 14.5. The molecule has 4 fully saturated rings. The van der Waals surface area contributed by atoms with Crippen molar-refractivity contribution < 1.29 is 33.8 Å². The number of aliphatic carboxylic acids is 1. The van der Waals surface area contributed by atoms with Crippen molar-refractivity contribution >= 4 is 40.9 Å². The number of carboxylic acid groups (broad SMARTS) is 1. The zero-order valence-electron chi connectivity index (χ0n) is 32.8. The summed E-state index contributed by atoms with van der Waals surface area (Å²) in [5.74, 6) is -1.45. The lowest BCUT2D eigenvalue weighted by Gasteiger charge is -2.45. The quantitative estimate of drug-likeness (QED) is 0.178. The van der Waals surface area contributed by atoms with E-state index in [1.165, 1.54) is 18.3 Å². The van der Waals surface area contributed by atoms with E-state index >= 15 is 0 Å². The molecule has 4 aliphatic rings. The summed E-state index contributed by atoms with van der Waals surface area (Å²) in [5, 5.41) is 14.5. The summed E-state index contributed by atoms with van der Waals surface area (Å²) in [4.78, 5) is 83.3. The standard InChI is InChI=1S/C40H58N6O7S/c1-22(2)32(45(7)39(50)30(25(5)28-8-9-28)17-34(48)33-15-27-10-12-46(33)13-11-27)18-35(53-26(6)47)38-44-31(21-54-38)37(49)43-29(14-24(4)40(51)52)16-36-41-19-23(3)20-42-36/h19-22,24-25,27-30,32-33,35H,8-18H2,1-7H3,(H,43,49)(H,51,52)/t24-,25-,29+,30-,32+,33+,35+/m0/s1. The normalized spacial score (nSPS) is 22.8. The molecular formula is C40H58N6O7S. The summed E-state index contributed by atoms with van der Waals surface area (Å²) in [6.07, 6.45) is 8.73. The van der Waals surface area contributed by atoms with Crippen molar-refractivity contribution in [2.75, 3.05) is 20.1 Å². The minimum Gasteiger partial charge on any atom is -0.481 e. The molecule has 14 heteroatoms. The number of aryl methyl sites for hydroxylation is 1. The van der Waals surface area contributed by atoms with Gasteiger partial charge in [-0.15, -0.1) is 11.3 Å². The molecule has 0 radical (unpaired) electrons. The van der Waals surface area contributed by atoms with Gasteiger partial charge in [-0.05, 0) is 87.8 Å². The Labute approximate surface area is 323 Å². The second kappa shape index (κ2) is 18.2. The van der Waals surface area contributed by atoms with Gasteiger partial charge in [-0.2, -0.15) is 0 Å². The van der Waals surface area contributed by atoms with Gasteiger partial charge in [0.15, 0.2) is 11.9 Å². The number of rotatable bonds is 19. The Kier molecular flexibility index (Phi) is 14.0. The van der Waals surface area contributed by atoms with Gasteiger partial charge in [-0.1, -0.05) is 27.7 Å². The van der Waals surface area contributed by atoms with Gasteiger partial charge < -0.3 is 20.1 Å². The molecule has 0 spiro atoms. The van der Waals surface area contributed by atoms with E-state index in [-0.39, 0.29) is 67.0 Å². The maximum absolute atomic E-state index is 14.5. The van der Waals surface area contributed by atoms with Crippen LogP contribution in [0.1, 0.15) is 119 Å². The number of ether oxygens (including phenoxy) is 1. The highest BCUT2D eigenvalue weighted by Gasteiger charge is 2.44. The molecule has 7 atom stereocenters. The highest BCUT2D eigenvalue weighted by atomic mass is 32.1. The zero-order valence-corrected chi connectivity index (χ0v) is 33.6. The summed E-state index contributed by atoms with van der Waals surface area (Å²) in [7, 11) is 1.79. The van der Waals surface area contributed by atoms with Gasteiger partial charge in [-0.3, -0.25) is 28.9 Å². The first-order valence-electron chi connectivity index (χ1n) is 19.6. The third-order valence-electron chi connectivity index (χ3n) is 11.8. The molecule has 1 saturated carbocycles. The number of Topliss-reactive ketones (excluding diaryl/α,β-unsaturated/α-hetero) is 1. The molecule has 0 aromatic carbocycles. The van der Waals surface area contributed by atoms with E-state index in [0.29, 0.717) is 22.7 Å². The van der Waals surface area contributed by atoms with E-state index in [1.807, 2.05) is 20.8 Å². The van der Waals surface area contributed by atoms with Gasteiger partial charge in [0, 0.05) is 69.0 Å². The number of nitrogens with one attached hydrogen (secondary N) is 1. The van der Waals surface area contributed by atoms with E-state index < -0.39 is 41.8 Å². The van der Waals surface area contributed by atoms with E-state index in [9.17, 15) is 29.1 Å². The van der Waals surface area contributed by atoms with Crippen LogP contribution in [0.2, 0.25) is 0 Å². The minimum absolute atomic E-state index is 0.0199. The lowest BCUT2D eigenvalue weighted by molar-refractivity contribution is -0.150. The van der Waals surface area contributed by atoms with E-state index in [1.54, 1.807) is 36.6 Å². The van der Waals surface area contributed by atoms with Crippen LogP contribution in [-0.2, 0) is 30.3 Å². The summed E-state index contributed by atoms with van der Waals surface area (Å²) >= 11 is 1.19. The topological polar surface area (TPSA) is 172 Å². The minimum atomic E-state index is -0.976. The predicted octanol–water partition coefficient (Wildman–Crippen LogP) is 5.28. The molecule has 296 valence electrons. The van der Waals surface area contributed by atoms with Crippen LogP contribution in [0.15, 0.2) is 17.8 Å². The molecule has 2 N–H and O–H groups in total. The second-order valence-corrected chi connectivity index (χ2v) is 17.3. The molecule has 3 saturated heterocycles. The SMILES string of the molecule is CC(=O)O[C@H](C[C@H](C(C)C)N(C)C(=O)[C@@H](CC(=O)[C@H]1CC2CCN1CC2)[C@@H](C)C1CC1)c1nc(C(=O)N[C@@H](Cc2ncc(C)cn2)C[C@H](C)C(=O)O)cs1. The van der Waals surface area contributed by atoms with Crippen LogP contribution in [0.5, 0.6) is 0 Å². The number of aromatic nitrogens is 3. The van der Waals surface area contributed by atoms with Gasteiger partial charge in [0.25, 0.3) is 5.91 Å². The first-order valence-corrected chi connectivity index (χ1v) is 20.5. The van der Waals surface area contributed by atoms with Gasteiger partial charge in [0.1, 0.15) is 16.5 Å². The van der Waals surface area contributed by atoms with E-state index in [4.69, 9.17) is 4.74 Å². The number of esters is 1. The number of carbonyl (C=O) groups is 5. The molecule has 54 heavy (non-hydrogen) atoms. The largest absolute Gasteiger partial charge is 0.481 e. The van der Waals surface area contributed by atoms with Crippen molar-refractivity contribution in [2.45, 2.75) is 124 Å². The fraction of sp³-hybridized carbons (Fsp3) is 0.700. The highest BCUT2D eigenvalue weighted by molar-refractivity contribution is 7.09. The summed E-state index contributed by atoms with van der Waals surface area (Å²) in [6, 6.07) is -1.02. The van der Waals surface area contributed by atoms with Gasteiger partial charge in [-0.25, -0.2) is 15.0 Å². The van der Waals surface area contributed by atoms with E-state index in [0.717, 1.165) is 50.8 Å². The molecule has 2 aromatic heterocycles. The second-order valence-electron chi connectivity index (χ2n) is 16.4. The molecule has 13 nitrogen and oxygen atoms in total. The summed E-state index contributed by atoms with van der Waals surface area (Å²) in [5.41, 5.74) is 0.993. The highest BCUT2D eigenvalue weighted by Crippen LogP contribution is 2.43. The third-order valence-corrected chi connectivity index (χ3v) is 12.8. The van der Waals surface area contributed by atoms with Gasteiger partial charge >= 0.3 is 11.9 Å². The number of piperidine rings is 3. The van der Waals surface area contributed by atoms with Crippen LogP contribution in [0, 0.1) is 42.4 Å². The Bertz CT molecular complexity index is 1640. The van der Waals surface area contributed by atoms with Crippen LogP contribution in [0.25, 0.3) is 0 Å². The van der Waals surface area contributed by atoms with Crippen molar-refractivity contribution in [3.63, 3.8) is 0 Å². The monoisotopic (exact) mass is 766 g/mol. The number of carbonyl (C=O) groups excluding carboxylic acids is 4. The number of thiazole rings is 1. The van der Waals surface area contributed by atoms with Crippen molar-refractivity contribution in [3.8, 4) is 0 Å².